The molecular formula is C13H10BrClFNO2S. The molecule has 0 aliphatic heterocycles. The molecule has 0 unspecified atom stereocenters. The molecule has 20 heavy (non-hydrogen) atoms. The quantitative estimate of drug-likeness (QED) is 0.881. The minimum atomic E-state index is -3.67. The lowest BCUT2D eigenvalue weighted by molar-refractivity contribution is 0.580. The van der Waals surface area contributed by atoms with E-state index in [1.165, 1.54) is 18.2 Å². The molecule has 1 N–H and O–H groups in total. The molecule has 0 saturated carbocycles. The predicted octanol–water partition coefficient (Wildman–Crippen LogP) is 3.72. The second-order valence-corrected chi connectivity index (χ2v) is 6.99. The van der Waals surface area contributed by atoms with Crippen molar-refractivity contribution in [2.45, 2.75) is 11.4 Å². The van der Waals surface area contributed by atoms with Crippen molar-refractivity contribution in [1.29, 1.82) is 0 Å². The van der Waals surface area contributed by atoms with Gasteiger partial charge in [0.2, 0.25) is 10.0 Å². The highest BCUT2D eigenvalue weighted by atomic mass is 79.9. The van der Waals surface area contributed by atoms with Gasteiger partial charge in [-0.2, -0.15) is 0 Å². The summed E-state index contributed by atoms with van der Waals surface area (Å²) in [5, 5.41) is 0.180. The van der Waals surface area contributed by atoms with Gasteiger partial charge in [0.25, 0.3) is 0 Å². The van der Waals surface area contributed by atoms with Crippen LogP contribution in [0.3, 0.4) is 0 Å². The molecule has 7 heteroatoms. The number of sulfonamides is 1. The Morgan fingerprint density at radius 2 is 1.90 bits per heavy atom. The molecule has 0 atom stereocenters. The van der Waals surface area contributed by atoms with E-state index in [0.717, 1.165) is 6.07 Å². The van der Waals surface area contributed by atoms with Crippen molar-refractivity contribution >= 4 is 37.6 Å². The number of halogens is 3. The summed E-state index contributed by atoms with van der Waals surface area (Å²) < 4.78 is 40.1. The average molecular weight is 379 g/mol. The first kappa shape index (κ1) is 15.4. The van der Waals surface area contributed by atoms with E-state index in [1.807, 2.05) is 0 Å². The van der Waals surface area contributed by atoms with Gasteiger partial charge in [-0.05, 0) is 45.8 Å². The third-order valence-electron chi connectivity index (χ3n) is 2.59. The molecule has 3 nitrogen and oxygen atoms in total. The van der Waals surface area contributed by atoms with Crippen LogP contribution in [0.5, 0.6) is 0 Å². The Hall–Kier alpha value is -0.950. The van der Waals surface area contributed by atoms with Crippen molar-refractivity contribution in [1.82, 2.24) is 4.72 Å². The summed E-state index contributed by atoms with van der Waals surface area (Å²) in [5.41, 5.74) is 0.503. The first-order chi connectivity index (χ1) is 9.40. The minimum absolute atomic E-state index is 0.0111. The molecule has 0 bridgehead atoms. The number of benzene rings is 2. The minimum Gasteiger partial charge on any atom is -0.207 e. The zero-order valence-electron chi connectivity index (χ0n) is 10.1. The molecule has 0 aliphatic carbocycles. The van der Waals surface area contributed by atoms with Crippen LogP contribution in [0.1, 0.15) is 5.56 Å². The monoisotopic (exact) mass is 377 g/mol. The van der Waals surface area contributed by atoms with Gasteiger partial charge >= 0.3 is 0 Å². The van der Waals surface area contributed by atoms with Crippen molar-refractivity contribution in [2.24, 2.45) is 0 Å². The summed E-state index contributed by atoms with van der Waals surface area (Å²) in [6.07, 6.45) is 0. The Bertz CT molecular complexity index is 737. The maximum Gasteiger partial charge on any atom is 0.241 e. The first-order valence-electron chi connectivity index (χ1n) is 5.58. The van der Waals surface area contributed by atoms with Crippen molar-refractivity contribution in [3.05, 3.63) is 63.3 Å². The van der Waals surface area contributed by atoms with Gasteiger partial charge in [0.15, 0.2) is 0 Å². The molecular weight excluding hydrogens is 369 g/mol. The summed E-state index contributed by atoms with van der Waals surface area (Å²) in [5.74, 6) is -0.465. The van der Waals surface area contributed by atoms with Crippen LogP contribution >= 0.6 is 27.5 Å². The van der Waals surface area contributed by atoms with Gasteiger partial charge in [0.05, 0.1) is 4.90 Å². The molecule has 0 aromatic heterocycles. The highest BCUT2D eigenvalue weighted by Crippen LogP contribution is 2.22. The van der Waals surface area contributed by atoms with Crippen molar-refractivity contribution < 1.29 is 12.8 Å². The van der Waals surface area contributed by atoms with E-state index in [0.29, 0.717) is 10.0 Å². The number of rotatable bonds is 4. The van der Waals surface area contributed by atoms with Gasteiger partial charge in [-0.25, -0.2) is 17.5 Å². The Morgan fingerprint density at radius 3 is 2.55 bits per heavy atom. The molecule has 2 rings (SSSR count). The Balaban J connectivity index is 2.20. The van der Waals surface area contributed by atoms with E-state index in [2.05, 4.69) is 20.7 Å². The van der Waals surface area contributed by atoms with Gasteiger partial charge in [0, 0.05) is 16.0 Å². The van der Waals surface area contributed by atoms with E-state index >= 15 is 0 Å². The van der Waals surface area contributed by atoms with Crippen molar-refractivity contribution in [3.63, 3.8) is 0 Å². The third-order valence-corrected chi connectivity index (χ3v) is 5.36. The number of hydrogen-bond acceptors (Lipinski definition) is 2. The molecule has 0 saturated heterocycles. The maximum absolute atomic E-state index is 12.9. The molecule has 0 fully saturated rings. The van der Waals surface area contributed by atoms with Gasteiger partial charge in [-0.15, -0.1) is 0 Å². The Kier molecular flexibility index (Phi) is 4.80. The summed E-state index contributed by atoms with van der Waals surface area (Å²) in [4.78, 5) is 0.137. The Morgan fingerprint density at radius 1 is 1.20 bits per heavy atom. The van der Waals surface area contributed by atoms with Crippen LogP contribution in [0, 0.1) is 5.82 Å². The summed E-state index contributed by atoms with van der Waals surface area (Å²) in [6, 6.07) is 10.3. The smallest absolute Gasteiger partial charge is 0.207 e. The zero-order valence-corrected chi connectivity index (χ0v) is 13.3. The second kappa shape index (κ2) is 6.22. The van der Waals surface area contributed by atoms with Gasteiger partial charge in [-0.3, -0.25) is 0 Å². The summed E-state index contributed by atoms with van der Waals surface area (Å²) >= 11 is 9.04. The van der Waals surface area contributed by atoms with Crippen LogP contribution in [-0.2, 0) is 16.6 Å². The molecule has 0 aliphatic rings. The molecule has 2 aromatic rings. The normalized spacial score (nSPS) is 11.6. The van der Waals surface area contributed by atoms with Crippen molar-refractivity contribution in [2.75, 3.05) is 0 Å². The van der Waals surface area contributed by atoms with Gasteiger partial charge in [-0.1, -0.05) is 29.8 Å². The largest absolute Gasteiger partial charge is 0.241 e. The van der Waals surface area contributed by atoms with Crippen LogP contribution in [0.15, 0.2) is 51.8 Å². The third kappa shape index (κ3) is 3.58. The highest BCUT2D eigenvalue weighted by Gasteiger charge is 2.17. The zero-order chi connectivity index (χ0) is 14.8. The van der Waals surface area contributed by atoms with E-state index < -0.39 is 15.8 Å². The SMILES string of the molecule is O=S(=O)(NCc1ccc(F)cc1Cl)c1ccccc1Br. The fourth-order valence-electron chi connectivity index (χ4n) is 1.58. The lowest BCUT2D eigenvalue weighted by Gasteiger charge is -2.09. The maximum atomic E-state index is 12.9. The average Bonchev–Trinajstić information content (AvgIpc) is 2.38. The van der Waals surface area contributed by atoms with Crippen LogP contribution in [-0.4, -0.2) is 8.42 Å². The van der Waals surface area contributed by atoms with Crippen LogP contribution < -0.4 is 4.72 Å². The lowest BCUT2D eigenvalue weighted by Crippen LogP contribution is -2.23. The fourth-order valence-corrected chi connectivity index (χ4v) is 3.82. The molecule has 0 heterocycles. The number of nitrogens with one attached hydrogen (secondary N) is 1. The predicted molar refractivity (Wildman–Crippen MR) is 79.6 cm³/mol. The van der Waals surface area contributed by atoms with E-state index in [1.54, 1.807) is 18.2 Å². The second-order valence-electron chi connectivity index (χ2n) is 3.99. The number of hydrogen-bond donors (Lipinski definition) is 1. The van der Waals surface area contributed by atoms with E-state index in [4.69, 9.17) is 11.6 Å². The van der Waals surface area contributed by atoms with Gasteiger partial charge < -0.3 is 0 Å². The molecule has 2 aromatic carbocycles. The van der Waals surface area contributed by atoms with Crippen molar-refractivity contribution in [3.8, 4) is 0 Å². The highest BCUT2D eigenvalue weighted by molar-refractivity contribution is 9.10. The lowest BCUT2D eigenvalue weighted by atomic mass is 10.2. The van der Waals surface area contributed by atoms with Crippen LogP contribution in [0.25, 0.3) is 0 Å². The van der Waals surface area contributed by atoms with E-state index in [9.17, 15) is 12.8 Å². The fraction of sp³-hybridized carbons (Fsp3) is 0.0769. The van der Waals surface area contributed by atoms with Crippen LogP contribution in [0.4, 0.5) is 4.39 Å². The summed E-state index contributed by atoms with van der Waals surface area (Å²) in [7, 11) is -3.67. The molecule has 0 spiro atoms. The van der Waals surface area contributed by atoms with E-state index in [-0.39, 0.29) is 16.5 Å². The first-order valence-corrected chi connectivity index (χ1v) is 8.24. The Labute approximate surface area is 130 Å². The summed E-state index contributed by atoms with van der Waals surface area (Å²) in [6.45, 7) is -0.0111. The topological polar surface area (TPSA) is 46.2 Å². The molecule has 106 valence electrons. The van der Waals surface area contributed by atoms with Crippen LogP contribution in [0.2, 0.25) is 5.02 Å². The van der Waals surface area contributed by atoms with Gasteiger partial charge in [0.1, 0.15) is 5.82 Å². The standard InChI is InChI=1S/C13H10BrClFNO2S/c14-11-3-1-2-4-13(11)20(18,19)17-8-9-5-6-10(16)7-12(9)15/h1-7,17H,8H2. The molecule has 0 amide bonds. The molecule has 0 radical (unpaired) electrons.